The normalized spacial score (nSPS) is 12.2. The molecule has 0 radical (unpaired) electrons. The Hall–Kier alpha value is -1.51. The predicted octanol–water partition coefficient (Wildman–Crippen LogP) is 5.03. The number of nitrogens with one attached hydrogen (secondary N) is 1. The molecule has 1 unspecified atom stereocenters. The van der Waals surface area contributed by atoms with Crippen LogP contribution in [0.1, 0.15) is 29.7 Å². The van der Waals surface area contributed by atoms with E-state index in [0.29, 0.717) is 6.04 Å². The molecule has 0 aliphatic heterocycles. The molecule has 0 fully saturated rings. The Balaban J connectivity index is 2.18. The van der Waals surface area contributed by atoms with Gasteiger partial charge in [0, 0.05) is 11.1 Å². The summed E-state index contributed by atoms with van der Waals surface area (Å²) in [6.07, 6.45) is 0. The van der Waals surface area contributed by atoms with Crippen molar-refractivity contribution in [3.8, 4) is 11.5 Å². The summed E-state index contributed by atoms with van der Waals surface area (Å²) in [5, 5.41) is 4.02. The number of hydrogen-bond donors (Lipinski definition) is 1. The van der Waals surface area contributed by atoms with Crippen molar-refractivity contribution in [1.82, 2.24) is 5.32 Å². The zero-order valence-electron chi connectivity index (χ0n) is 12.3. The lowest BCUT2D eigenvalue weighted by molar-refractivity contribution is 0.481. The third-order valence-corrected chi connectivity index (χ3v) is 4.05. The average Bonchev–Trinajstić information content (AvgIpc) is 2.44. The zero-order valence-corrected chi connectivity index (χ0v) is 13.1. The molecule has 0 saturated carbocycles. The number of ether oxygens (including phenoxy) is 1. The van der Waals surface area contributed by atoms with E-state index in [1.165, 1.54) is 5.56 Å². The summed E-state index contributed by atoms with van der Waals surface area (Å²) in [6.45, 7) is 6.10. The number of benzene rings is 2. The summed E-state index contributed by atoms with van der Waals surface area (Å²) >= 11 is 6.16. The van der Waals surface area contributed by atoms with E-state index in [2.05, 4.69) is 24.4 Å². The van der Waals surface area contributed by atoms with E-state index in [4.69, 9.17) is 16.3 Å². The summed E-state index contributed by atoms with van der Waals surface area (Å²) in [7, 11) is 1.95. The van der Waals surface area contributed by atoms with Crippen LogP contribution in [0.2, 0.25) is 5.02 Å². The molecule has 1 atom stereocenters. The van der Waals surface area contributed by atoms with Gasteiger partial charge in [-0.2, -0.15) is 0 Å². The minimum atomic E-state index is 0.337. The van der Waals surface area contributed by atoms with Crippen LogP contribution in [-0.4, -0.2) is 7.05 Å². The first-order chi connectivity index (χ1) is 9.51. The molecular weight excluding hydrogens is 270 g/mol. The van der Waals surface area contributed by atoms with Gasteiger partial charge in [0.2, 0.25) is 0 Å². The van der Waals surface area contributed by atoms with E-state index in [0.717, 1.165) is 27.6 Å². The molecule has 20 heavy (non-hydrogen) atoms. The van der Waals surface area contributed by atoms with Crippen molar-refractivity contribution in [2.24, 2.45) is 0 Å². The molecule has 0 bridgehead atoms. The largest absolute Gasteiger partial charge is 0.457 e. The van der Waals surface area contributed by atoms with Crippen molar-refractivity contribution in [2.75, 3.05) is 7.05 Å². The Morgan fingerprint density at radius 1 is 1.00 bits per heavy atom. The van der Waals surface area contributed by atoms with E-state index in [9.17, 15) is 0 Å². The summed E-state index contributed by atoms with van der Waals surface area (Å²) in [6, 6.07) is 12.4. The summed E-state index contributed by atoms with van der Waals surface area (Å²) in [5.74, 6) is 1.65. The van der Waals surface area contributed by atoms with Crippen molar-refractivity contribution >= 4 is 11.6 Å². The molecule has 0 amide bonds. The summed E-state index contributed by atoms with van der Waals surface area (Å²) < 4.78 is 5.88. The highest BCUT2D eigenvalue weighted by Gasteiger charge is 2.06. The van der Waals surface area contributed by atoms with Gasteiger partial charge in [0.15, 0.2) is 0 Å². The van der Waals surface area contributed by atoms with Crippen LogP contribution in [0.3, 0.4) is 0 Å². The minimum absolute atomic E-state index is 0.337. The number of hydrogen-bond acceptors (Lipinski definition) is 2. The molecule has 2 rings (SSSR count). The van der Waals surface area contributed by atoms with Gasteiger partial charge in [-0.25, -0.2) is 0 Å². The van der Waals surface area contributed by atoms with Crippen LogP contribution >= 0.6 is 11.6 Å². The molecule has 0 heterocycles. The average molecular weight is 290 g/mol. The Bertz CT molecular complexity index is 569. The lowest BCUT2D eigenvalue weighted by atomic mass is 10.1. The Morgan fingerprint density at radius 3 is 2.05 bits per heavy atom. The fraction of sp³-hybridized carbons (Fsp3) is 0.294. The van der Waals surface area contributed by atoms with Crippen molar-refractivity contribution in [3.05, 3.63) is 58.1 Å². The van der Waals surface area contributed by atoms with E-state index in [-0.39, 0.29) is 0 Å². The third-order valence-electron chi connectivity index (χ3n) is 3.46. The molecule has 0 aromatic heterocycles. The third kappa shape index (κ3) is 3.33. The molecule has 2 nitrogen and oxygen atoms in total. The molecule has 0 spiro atoms. The fourth-order valence-electron chi connectivity index (χ4n) is 2.09. The lowest BCUT2D eigenvalue weighted by Gasteiger charge is -2.12. The van der Waals surface area contributed by atoms with Crippen molar-refractivity contribution in [1.29, 1.82) is 0 Å². The number of rotatable bonds is 4. The van der Waals surface area contributed by atoms with E-state index < -0.39 is 0 Å². The Morgan fingerprint density at radius 2 is 1.55 bits per heavy atom. The number of halogens is 1. The zero-order chi connectivity index (χ0) is 14.7. The second-order valence-electron chi connectivity index (χ2n) is 5.05. The van der Waals surface area contributed by atoms with Gasteiger partial charge >= 0.3 is 0 Å². The molecule has 3 heteroatoms. The number of aryl methyl sites for hydroxylation is 2. The van der Waals surface area contributed by atoms with Crippen molar-refractivity contribution in [3.63, 3.8) is 0 Å². The first-order valence-corrected chi connectivity index (χ1v) is 7.11. The van der Waals surface area contributed by atoms with E-state index >= 15 is 0 Å². The Kier molecular flexibility index (Phi) is 4.69. The molecule has 2 aromatic carbocycles. The van der Waals surface area contributed by atoms with Crippen LogP contribution in [0.15, 0.2) is 36.4 Å². The van der Waals surface area contributed by atoms with Gasteiger partial charge in [0.25, 0.3) is 0 Å². The maximum Gasteiger partial charge on any atom is 0.128 e. The molecule has 1 N–H and O–H groups in total. The molecule has 0 aliphatic carbocycles. The minimum Gasteiger partial charge on any atom is -0.457 e. The fourth-order valence-corrected chi connectivity index (χ4v) is 2.20. The monoisotopic (exact) mass is 289 g/mol. The standard InChI is InChI=1S/C17H20ClNO/c1-11-9-16(10-12(2)17(11)18)20-15-7-5-14(6-8-15)13(3)19-4/h5-10,13,19H,1-4H3. The molecule has 0 aliphatic rings. The van der Waals surface area contributed by atoms with Crippen LogP contribution in [0.5, 0.6) is 11.5 Å². The first-order valence-electron chi connectivity index (χ1n) is 6.73. The van der Waals surface area contributed by atoms with Crippen LogP contribution in [0.25, 0.3) is 0 Å². The van der Waals surface area contributed by atoms with Crippen LogP contribution in [0.4, 0.5) is 0 Å². The van der Waals surface area contributed by atoms with Crippen molar-refractivity contribution < 1.29 is 4.74 Å². The second kappa shape index (κ2) is 6.29. The molecule has 0 saturated heterocycles. The highest BCUT2D eigenvalue weighted by atomic mass is 35.5. The summed E-state index contributed by atoms with van der Waals surface area (Å²) in [5.41, 5.74) is 3.30. The van der Waals surface area contributed by atoms with Gasteiger partial charge in [-0.1, -0.05) is 23.7 Å². The smallest absolute Gasteiger partial charge is 0.128 e. The van der Waals surface area contributed by atoms with E-state index in [1.807, 2.05) is 45.2 Å². The van der Waals surface area contributed by atoms with Gasteiger partial charge in [-0.15, -0.1) is 0 Å². The topological polar surface area (TPSA) is 21.3 Å². The van der Waals surface area contributed by atoms with Gasteiger partial charge in [0.05, 0.1) is 0 Å². The lowest BCUT2D eigenvalue weighted by Crippen LogP contribution is -2.11. The maximum absolute atomic E-state index is 6.16. The van der Waals surface area contributed by atoms with Crippen LogP contribution in [-0.2, 0) is 0 Å². The highest BCUT2D eigenvalue weighted by Crippen LogP contribution is 2.29. The predicted molar refractivity (Wildman–Crippen MR) is 84.9 cm³/mol. The van der Waals surface area contributed by atoms with Gasteiger partial charge in [-0.3, -0.25) is 0 Å². The summed E-state index contributed by atoms with van der Waals surface area (Å²) in [4.78, 5) is 0. The van der Waals surface area contributed by atoms with Crippen LogP contribution < -0.4 is 10.1 Å². The van der Waals surface area contributed by atoms with Gasteiger partial charge in [0.1, 0.15) is 11.5 Å². The van der Waals surface area contributed by atoms with Gasteiger partial charge in [-0.05, 0) is 68.8 Å². The van der Waals surface area contributed by atoms with Crippen LogP contribution in [0, 0.1) is 13.8 Å². The maximum atomic E-state index is 6.16. The quantitative estimate of drug-likeness (QED) is 0.852. The molecular formula is C17H20ClNO. The molecule has 106 valence electrons. The first kappa shape index (κ1) is 14.9. The van der Waals surface area contributed by atoms with Crippen molar-refractivity contribution in [2.45, 2.75) is 26.8 Å². The molecule has 2 aromatic rings. The van der Waals surface area contributed by atoms with Gasteiger partial charge < -0.3 is 10.1 Å². The second-order valence-corrected chi connectivity index (χ2v) is 5.43. The SMILES string of the molecule is CNC(C)c1ccc(Oc2cc(C)c(Cl)c(C)c2)cc1. The Labute approximate surface area is 125 Å². The van der Waals surface area contributed by atoms with E-state index in [1.54, 1.807) is 0 Å². The highest BCUT2D eigenvalue weighted by molar-refractivity contribution is 6.32.